The van der Waals surface area contributed by atoms with Crippen molar-refractivity contribution < 1.29 is 21.6 Å². The number of aromatic nitrogens is 2. The van der Waals surface area contributed by atoms with E-state index in [-0.39, 0.29) is 18.2 Å². The van der Waals surface area contributed by atoms with Crippen LogP contribution in [0.5, 0.6) is 0 Å². The number of piperidine rings is 1. The largest absolute Gasteiger partial charge is 0.326 e. The molecule has 0 bridgehead atoms. The van der Waals surface area contributed by atoms with Crippen LogP contribution in [0.1, 0.15) is 36.2 Å². The molecule has 7 nitrogen and oxygen atoms in total. The van der Waals surface area contributed by atoms with Gasteiger partial charge in [0.15, 0.2) is 0 Å². The molecular formula is C20H26F3N5O2S. The molecule has 1 aromatic heterocycles. The summed E-state index contributed by atoms with van der Waals surface area (Å²) in [6, 6.07) is 2.04. The smallest absolute Gasteiger partial charge is 0.250 e. The number of halogens is 3. The summed E-state index contributed by atoms with van der Waals surface area (Å²) in [7, 11) is -3.45. The van der Waals surface area contributed by atoms with Gasteiger partial charge in [0.1, 0.15) is 17.8 Å². The third-order valence-electron chi connectivity index (χ3n) is 5.99. The molecule has 1 saturated heterocycles. The summed E-state index contributed by atoms with van der Waals surface area (Å²) < 4.78 is 66.7. The molecule has 0 saturated carbocycles. The monoisotopic (exact) mass is 457 g/mol. The minimum Gasteiger partial charge on any atom is -0.326 e. The van der Waals surface area contributed by atoms with E-state index in [9.17, 15) is 21.6 Å². The summed E-state index contributed by atoms with van der Waals surface area (Å²) in [6.45, 7) is 2.85. The van der Waals surface area contributed by atoms with Gasteiger partial charge in [-0.3, -0.25) is 9.80 Å². The first kappa shape index (κ1) is 22.3. The zero-order valence-electron chi connectivity index (χ0n) is 17.4. The molecule has 3 heterocycles. The van der Waals surface area contributed by atoms with Gasteiger partial charge in [0.2, 0.25) is 0 Å². The van der Waals surface area contributed by atoms with E-state index in [4.69, 9.17) is 5.73 Å². The number of hydrogen-bond acceptors (Lipinski definition) is 6. The van der Waals surface area contributed by atoms with Crippen LogP contribution in [0.2, 0.25) is 0 Å². The van der Waals surface area contributed by atoms with Crippen molar-refractivity contribution in [1.82, 2.24) is 19.0 Å². The highest BCUT2D eigenvalue weighted by Gasteiger charge is 2.41. The molecule has 2 aliphatic rings. The molecule has 0 amide bonds. The molecule has 31 heavy (non-hydrogen) atoms. The topological polar surface area (TPSA) is 84.5 Å². The molecule has 1 fully saturated rings. The fraction of sp³-hybridized carbons (Fsp3) is 0.550. The van der Waals surface area contributed by atoms with E-state index < -0.39 is 39.9 Å². The van der Waals surface area contributed by atoms with E-state index in [1.165, 1.54) is 13.1 Å². The highest BCUT2D eigenvalue weighted by atomic mass is 32.2. The Morgan fingerprint density at radius 2 is 2.03 bits per heavy atom. The lowest BCUT2D eigenvalue weighted by Crippen LogP contribution is -2.56. The summed E-state index contributed by atoms with van der Waals surface area (Å²) >= 11 is 0. The van der Waals surface area contributed by atoms with Gasteiger partial charge in [0.05, 0.1) is 18.0 Å². The second kappa shape index (κ2) is 8.19. The van der Waals surface area contributed by atoms with Crippen molar-refractivity contribution in [1.29, 1.82) is 0 Å². The Kier molecular flexibility index (Phi) is 5.88. The van der Waals surface area contributed by atoms with Crippen molar-refractivity contribution in [2.75, 3.05) is 19.3 Å². The molecule has 3 unspecified atom stereocenters. The van der Waals surface area contributed by atoms with Crippen LogP contribution in [-0.4, -0.2) is 65.0 Å². The number of nitrogens with two attached hydrogens (primary N) is 1. The predicted octanol–water partition coefficient (Wildman–Crippen LogP) is 1.79. The summed E-state index contributed by atoms with van der Waals surface area (Å²) in [5, 5.41) is 4.17. The SMILES string of the molecule is CC(F)CN1CC(N2Cc3cn(S(C)(=O)=O)nc3C2)CC(N)[C@H]1c1cc(F)ccc1F. The number of fused-ring (bicyclic) bond motifs is 1. The molecule has 170 valence electrons. The van der Waals surface area contributed by atoms with Gasteiger partial charge in [0.25, 0.3) is 10.0 Å². The van der Waals surface area contributed by atoms with E-state index >= 15 is 0 Å². The first-order valence-corrected chi connectivity index (χ1v) is 12.0. The van der Waals surface area contributed by atoms with E-state index in [0.717, 1.165) is 34.1 Å². The molecular weight excluding hydrogens is 431 g/mol. The third-order valence-corrected chi connectivity index (χ3v) is 6.86. The number of benzene rings is 1. The first-order chi connectivity index (χ1) is 14.5. The molecule has 2 aromatic rings. The summed E-state index contributed by atoms with van der Waals surface area (Å²) in [5.41, 5.74) is 8.08. The van der Waals surface area contributed by atoms with Crippen LogP contribution in [0.4, 0.5) is 13.2 Å². The molecule has 2 aliphatic heterocycles. The predicted molar refractivity (Wildman–Crippen MR) is 109 cm³/mol. The number of alkyl halides is 1. The van der Waals surface area contributed by atoms with E-state index in [2.05, 4.69) is 10.00 Å². The summed E-state index contributed by atoms with van der Waals surface area (Å²) in [5.74, 6) is -1.13. The number of nitrogens with zero attached hydrogens (tertiary/aromatic N) is 4. The minimum absolute atomic E-state index is 0.0458. The lowest BCUT2D eigenvalue weighted by molar-refractivity contribution is 0.0287. The quantitative estimate of drug-likeness (QED) is 0.737. The van der Waals surface area contributed by atoms with Crippen molar-refractivity contribution in [2.24, 2.45) is 5.73 Å². The van der Waals surface area contributed by atoms with Gasteiger partial charge >= 0.3 is 0 Å². The fourth-order valence-corrected chi connectivity index (χ4v) is 5.26. The van der Waals surface area contributed by atoms with Crippen LogP contribution in [0.15, 0.2) is 24.4 Å². The highest BCUT2D eigenvalue weighted by Crippen LogP contribution is 2.36. The van der Waals surface area contributed by atoms with Crippen LogP contribution in [-0.2, 0) is 23.1 Å². The number of likely N-dealkylation sites (tertiary alicyclic amines) is 1. The maximum Gasteiger partial charge on any atom is 0.250 e. The number of rotatable bonds is 5. The first-order valence-electron chi connectivity index (χ1n) is 10.1. The van der Waals surface area contributed by atoms with Gasteiger partial charge in [-0.2, -0.15) is 9.19 Å². The fourth-order valence-electron chi connectivity index (χ4n) is 4.70. The van der Waals surface area contributed by atoms with E-state index in [1.807, 2.05) is 0 Å². The number of hydrogen-bond donors (Lipinski definition) is 1. The Hall–Kier alpha value is -1.95. The van der Waals surface area contributed by atoms with Crippen LogP contribution in [0.3, 0.4) is 0 Å². The van der Waals surface area contributed by atoms with Gasteiger partial charge in [-0.25, -0.2) is 21.6 Å². The lowest BCUT2D eigenvalue weighted by atomic mass is 9.87. The molecule has 0 spiro atoms. The van der Waals surface area contributed by atoms with Crippen LogP contribution < -0.4 is 5.73 Å². The zero-order valence-corrected chi connectivity index (χ0v) is 18.2. The van der Waals surface area contributed by atoms with Gasteiger partial charge in [-0.15, -0.1) is 0 Å². The van der Waals surface area contributed by atoms with E-state index in [0.29, 0.717) is 31.7 Å². The van der Waals surface area contributed by atoms with Crippen molar-refractivity contribution in [3.8, 4) is 0 Å². The summed E-state index contributed by atoms with van der Waals surface area (Å²) in [4.78, 5) is 3.91. The van der Waals surface area contributed by atoms with E-state index in [1.54, 1.807) is 4.90 Å². The Bertz CT molecular complexity index is 1050. The van der Waals surface area contributed by atoms with Crippen LogP contribution >= 0.6 is 0 Å². The molecule has 1 aromatic carbocycles. The zero-order chi connectivity index (χ0) is 22.5. The molecule has 0 radical (unpaired) electrons. The molecule has 4 rings (SSSR count). The molecule has 0 aliphatic carbocycles. The molecule has 11 heteroatoms. The summed E-state index contributed by atoms with van der Waals surface area (Å²) in [6.07, 6.45) is 1.95. The second-order valence-corrected chi connectivity index (χ2v) is 10.4. The van der Waals surface area contributed by atoms with Crippen molar-refractivity contribution in [2.45, 2.75) is 50.7 Å². The van der Waals surface area contributed by atoms with Gasteiger partial charge < -0.3 is 5.73 Å². The van der Waals surface area contributed by atoms with Crippen LogP contribution in [0, 0.1) is 11.6 Å². The lowest BCUT2D eigenvalue weighted by Gasteiger charge is -2.46. The highest BCUT2D eigenvalue weighted by molar-refractivity contribution is 7.89. The maximum absolute atomic E-state index is 14.5. The normalized spacial score (nSPS) is 26.2. The average Bonchev–Trinajstić information content (AvgIpc) is 3.22. The Labute approximate surface area is 179 Å². The second-order valence-electron chi connectivity index (χ2n) is 8.54. The van der Waals surface area contributed by atoms with Gasteiger partial charge in [0, 0.05) is 55.6 Å². The average molecular weight is 458 g/mol. The Morgan fingerprint density at radius 3 is 2.68 bits per heavy atom. The van der Waals surface area contributed by atoms with Crippen molar-refractivity contribution >= 4 is 10.0 Å². The van der Waals surface area contributed by atoms with Crippen molar-refractivity contribution in [3.63, 3.8) is 0 Å². The third kappa shape index (κ3) is 4.50. The van der Waals surface area contributed by atoms with Crippen molar-refractivity contribution in [3.05, 3.63) is 52.9 Å². The molecule has 4 atom stereocenters. The minimum atomic E-state index is -3.45. The maximum atomic E-state index is 14.5. The molecule has 2 N–H and O–H groups in total. The van der Waals surface area contributed by atoms with Gasteiger partial charge in [-0.05, 0) is 31.5 Å². The standard InChI is InChI=1S/C20H26F3N5O2S/c1-12(21)7-27-10-15(6-18(24)20(27)16-5-14(22)3-4-17(16)23)26-8-13-9-28(31(2,29)30)25-19(13)11-26/h3-5,9,12,15,18,20H,6-8,10-11,24H2,1-2H3/t12?,15?,18?,20-/m1/s1. The Balaban J connectivity index is 1.56. The Morgan fingerprint density at radius 1 is 1.29 bits per heavy atom. The van der Waals surface area contributed by atoms with Crippen LogP contribution in [0.25, 0.3) is 0 Å². The van der Waals surface area contributed by atoms with Gasteiger partial charge in [-0.1, -0.05) is 0 Å².